The molecule has 4 aromatic rings. The molecule has 0 radical (unpaired) electrons. The second kappa shape index (κ2) is 8.74. The van der Waals surface area contributed by atoms with Crippen LogP contribution in [0.2, 0.25) is 0 Å². The van der Waals surface area contributed by atoms with E-state index in [0.717, 1.165) is 17.1 Å². The van der Waals surface area contributed by atoms with Crippen molar-refractivity contribution < 1.29 is 13.9 Å². The van der Waals surface area contributed by atoms with Gasteiger partial charge in [0.05, 0.1) is 18.2 Å². The number of nitrogens with zero attached hydrogens (tertiary/aromatic N) is 2. The number of ether oxygens (including phenoxy) is 1. The molecule has 2 heterocycles. The summed E-state index contributed by atoms with van der Waals surface area (Å²) >= 11 is 3.82. The van der Waals surface area contributed by atoms with Gasteiger partial charge in [-0.3, -0.25) is 0 Å². The zero-order chi connectivity index (χ0) is 24.0. The highest BCUT2D eigenvalue weighted by atomic mass is 32.2. The molecule has 6 rings (SSSR count). The molecule has 0 N–H and O–H groups in total. The number of aryl methyl sites for hydroxylation is 2. The summed E-state index contributed by atoms with van der Waals surface area (Å²) in [6.07, 6.45) is 4.60. The minimum atomic E-state index is -0.492. The highest BCUT2D eigenvalue weighted by Gasteiger charge is 2.61. The van der Waals surface area contributed by atoms with Gasteiger partial charge in [-0.05, 0) is 43.2 Å². The molecule has 0 amide bonds. The normalized spacial score (nSPS) is 18.4. The highest BCUT2D eigenvalue weighted by Crippen LogP contribution is 2.56. The second-order valence-electron chi connectivity index (χ2n) is 8.78. The second-order valence-corrected chi connectivity index (χ2v) is 11.4. The summed E-state index contributed by atoms with van der Waals surface area (Å²) in [6, 6.07) is 32.2. The van der Waals surface area contributed by atoms with Gasteiger partial charge in [0.2, 0.25) is 11.4 Å². The molecule has 0 saturated carbocycles. The van der Waals surface area contributed by atoms with Crippen molar-refractivity contribution in [2.24, 2.45) is 0 Å². The van der Waals surface area contributed by atoms with Crippen LogP contribution in [0.3, 0.4) is 0 Å². The van der Waals surface area contributed by atoms with Crippen LogP contribution >= 0.6 is 23.5 Å². The van der Waals surface area contributed by atoms with Crippen molar-refractivity contribution in [3.8, 4) is 5.75 Å². The van der Waals surface area contributed by atoms with Crippen molar-refractivity contribution in [1.82, 2.24) is 0 Å². The van der Waals surface area contributed by atoms with Crippen LogP contribution in [0.4, 0.5) is 11.4 Å². The van der Waals surface area contributed by atoms with E-state index >= 15 is 0 Å². The van der Waals surface area contributed by atoms with Crippen LogP contribution in [0.15, 0.2) is 101 Å². The summed E-state index contributed by atoms with van der Waals surface area (Å²) in [4.78, 5) is 2.59. The number of hydrogen-bond donors (Lipinski definition) is 0. The molecule has 1 atom stereocenters. The van der Waals surface area contributed by atoms with Gasteiger partial charge in [0.1, 0.15) is 5.75 Å². The molecule has 1 unspecified atom stereocenters. The number of para-hydroxylation sites is 2. The molecule has 4 aromatic carbocycles. The van der Waals surface area contributed by atoms with Crippen molar-refractivity contribution in [3.05, 3.63) is 113 Å². The summed E-state index contributed by atoms with van der Waals surface area (Å²) < 4.78 is 9.98. The smallest absolute Gasteiger partial charge is 0.470 e. The van der Waals surface area contributed by atoms with Crippen LogP contribution < -0.4 is 4.74 Å². The standard InChI is InChI=1S/C30H26N2OS2/c1-21-11-10-12-23-19-31(25-13-6-4-7-14-25)30(34-28(21)23)32(26-15-8-5-9-16-26)20-24-18-27(33-3)17-22(2)29(24)35-30/h4-20H,1-3H3/q+2. The summed E-state index contributed by atoms with van der Waals surface area (Å²) in [5.74, 6) is 0.881. The molecular formula is C30H26N2OS2+2. The van der Waals surface area contributed by atoms with E-state index in [9.17, 15) is 0 Å². The predicted molar refractivity (Wildman–Crippen MR) is 146 cm³/mol. The first-order valence-corrected chi connectivity index (χ1v) is 13.3. The number of fused-ring (bicyclic) bond motifs is 2. The Kier molecular flexibility index (Phi) is 5.54. The van der Waals surface area contributed by atoms with Crippen molar-refractivity contribution in [1.29, 1.82) is 0 Å². The molecule has 0 saturated heterocycles. The lowest BCUT2D eigenvalue weighted by Gasteiger charge is -2.32. The lowest BCUT2D eigenvalue weighted by Crippen LogP contribution is -2.47. The van der Waals surface area contributed by atoms with Gasteiger partial charge in [-0.25, -0.2) is 0 Å². The fraction of sp³-hybridized carbons (Fsp3) is 0.133. The Morgan fingerprint density at radius 2 is 1.20 bits per heavy atom. The van der Waals surface area contributed by atoms with Crippen LogP contribution in [0.25, 0.3) is 0 Å². The third kappa shape index (κ3) is 3.70. The van der Waals surface area contributed by atoms with Crippen LogP contribution in [0.5, 0.6) is 5.75 Å². The van der Waals surface area contributed by atoms with Gasteiger partial charge >= 0.3 is 4.33 Å². The minimum absolute atomic E-state index is 0.492. The monoisotopic (exact) mass is 494 g/mol. The molecule has 3 nitrogen and oxygen atoms in total. The quantitative estimate of drug-likeness (QED) is 0.277. The minimum Gasteiger partial charge on any atom is -0.497 e. The van der Waals surface area contributed by atoms with Crippen LogP contribution in [0.1, 0.15) is 22.3 Å². The summed E-state index contributed by atoms with van der Waals surface area (Å²) in [7, 11) is 1.73. The Hall–Kier alpha value is -3.28. The van der Waals surface area contributed by atoms with E-state index in [4.69, 9.17) is 4.74 Å². The number of methoxy groups -OCH3 is 1. The molecule has 1 spiro atoms. The Morgan fingerprint density at radius 3 is 1.80 bits per heavy atom. The van der Waals surface area contributed by atoms with Crippen molar-refractivity contribution in [3.63, 3.8) is 0 Å². The Balaban J connectivity index is 1.68. The molecule has 2 aliphatic heterocycles. The first-order valence-electron chi connectivity index (χ1n) is 11.6. The lowest BCUT2D eigenvalue weighted by molar-refractivity contribution is -0.690. The van der Waals surface area contributed by atoms with E-state index in [1.165, 1.54) is 32.0 Å². The van der Waals surface area contributed by atoms with Gasteiger partial charge in [-0.2, -0.15) is 0 Å². The Bertz CT molecular complexity index is 1500. The van der Waals surface area contributed by atoms with Gasteiger partial charge < -0.3 is 4.74 Å². The van der Waals surface area contributed by atoms with Gasteiger partial charge in [-0.15, -0.1) is 9.15 Å². The molecule has 5 heteroatoms. The molecule has 0 bridgehead atoms. The maximum Gasteiger partial charge on any atom is 0.470 e. The molecule has 35 heavy (non-hydrogen) atoms. The van der Waals surface area contributed by atoms with E-state index in [1.54, 1.807) is 7.11 Å². The van der Waals surface area contributed by atoms with Crippen molar-refractivity contribution in [2.75, 3.05) is 7.11 Å². The third-order valence-corrected chi connectivity index (χ3v) is 9.78. The van der Waals surface area contributed by atoms with E-state index in [2.05, 4.69) is 126 Å². The summed E-state index contributed by atoms with van der Waals surface area (Å²) in [5.41, 5.74) is 7.23. The Labute approximate surface area is 214 Å². The third-order valence-electron chi connectivity index (χ3n) is 6.44. The number of benzene rings is 4. The van der Waals surface area contributed by atoms with Crippen LogP contribution in [0, 0.1) is 13.8 Å². The molecule has 172 valence electrons. The number of hydrogen-bond acceptors (Lipinski definition) is 3. The van der Waals surface area contributed by atoms with Gasteiger partial charge in [0.15, 0.2) is 12.4 Å². The van der Waals surface area contributed by atoms with E-state index in [-0.39, 0.29) is 0 Å². The molecule has 0 aliphatic carbocycles. The fourth-order valence-electron chi connectivity index (χ4n) is 4.73. The van der Waals surface area contributed by atoms with Crippen molar-refractivity contribution in [2.45, 2.75) is 28.0 Å². The Morgan fingerprint density at radius 1 is 0.629 bits per heavy atom. The molecule has 0 fully saturated rings. The SMILES string of the molecule is COc1cc(C)c2c(c1)C=[N+](c1ccccc1)C1(Sc3c(C)cccc3C=[N+]1c1ccccc1)S2. The summed E-state index contributed by atoms with van der Waals surface area (Å²) in [5, 5.41) is 0. The average molecular weight is 495 g/mol. The lowest BCUT2D eigenvalue weighted by atomic mass is 10.1. The van der Waals surface area contributed by atoms with Crippen molar-refractivity contribution >= 4 is 47.3 Å². The highest BCUT2D eigenvalue weighted by molar-refractivity contribution is 8.17. The molecular weight excluding hydrogens is 468 g/mol. The van der Waals surface area contributed by atoms with E-state index < -0.39 is 4.33 Å². The largest absolute Gasteiger partial charge is 0.497 e. The summed E-state index contributed by atoms with van der Waals surface area (Å²) in [6.45, 7) is 4.39. The van der Waals surface area contributed by atoms with Crippen LogP contribution in [-0.2, 0) is 0 Å². The first kappa shape index (κ1) is 22.2. The number of rotatable bonds is 3. The fourth-order valence-corrected chi connectivity index (χ4v) is 7.87. The van der Waals surface area contributed by atoms with E-state index in [0.29, 0.717) is 0 Å². The predicted octanol–water partition coefficient (Wildman–Crippen LogP) is 7.36. The van der Waals surface area contributed by atoms with Gasteiger partial charge in [0.25, 0.3) is 0 Å². The topological polar surface area (TPSA) is 15.2 Å². The maximum absolute atomic E-state index is 5.62. The molecule has 2 aliphatic rings. The zero-order valence-electron chi connectivity index (χ0n) is 19.9. The van der Waals surface area contributed by atoms with Gasteiger partial charge in [-0.1, -0.05) is 48.5 Å². The van der Waals surface area contributed by atoms with E-state index in [1.807, 2.05) is 23.5 Å². The zero-order valence-corrected chi connectivity index (χ0v) is 21.6. The maximum atomic E-state index is 5.62. The number of thioether (sulfide) groups is 2. The first-order chi connectivity index (χ1) is 17.1. The van der Waals surface area contributed by atoms with Crippen LogP contribution in [-0.4, -0.2) is 33.0 Å². The molecule has 0 aromatic heterocycles. The van der Waals surface area contributed by atoms with Gasteiger partial charge in [0, 0.05) is 57.6 Å². The average Bonchev–Trinajstić information content (AvgIpc) is 2.90.